The number of rotatable bonds is 3. The van der Waals surface area contributed by atoms with Crippen molar-refractivity contribution < 1.29 is 9.13 Å². The molecule has 0 heterocycles. The summed E-state index contributed by atoms with van der Waals surface area (Å²) in [5.41, 5.74) is 6.23. The summed E-state index contributed by atoms with van der Waals surface area (Å²) in [4.78, 5) is 0. The third kappa shape index (κ3) is 2.73. The van der Waals surface area contributed by atoms with Crippen LogP contribution < -0.4 is 10.5 Å². The van der Waals surface area contributed by atoms with Crippen LogP contribution in [0.1, 0.15) is 18.5 Å². The van der Waals surface area contributed by atoms with Gasteiger partial charge in [-0.2, -0.15) is 0 Å². The van der Waals surface area contributed by atoms with Crippen LogP contribution in [-0.2, 0) is 0 Å². The largest absolute Gasteiger partial charge is 0.457 e. The first-order valence-corrected chi connectivity index (χ1v) is 6.86. The topological polar surface area (TPSA) is 35.2 Å². The minimum Gasteiger partial charge on any atom is -0.457 e. The van der Waals surface area contributed by atoms with Gasteiger partial charge in [-0.15, -0.1) is 0 Å². The molecule has 0 unspecified atom stereocenters. The zero-order valence-electron chi connectivity index (χ0n) is 11.7. The molecule has 0 saturated heterocycles. The van der Waals surface area contributed by atoms with Gasteiger partial charge in [-0.25, -0.2) is 4.39 Å². The molecule has 1 atom stereocenters. The molecule has 106 valence electrons. The molecule has 3 heteroatoms. The van der Waals surface area contributed by atoms with E-state index < -0.39 is 6.04 Å². The van der Waals surface area contributed by atoms with Crippen molar-refractivity contribution in [1.82, 2.24) is 0 Å². The van der Waals surface area contributed by atoms with E-state index in [0.29, 0.717) is 17.1 Å². The second-order valence-corrected chi connectivity index (χ2v) is 5.05. The molecule has 2 nitrogen and oxygen atoms in total. The van der Waals surface area contributed by atoms with Gasteiger partial charge in [0.15, 0.2) is 0 Å². The fourth-order valence-corrected chi connectivity index (χ4v) is 2.41. The van der Waals surface area contributed by atoms with Crippen LogP contribution >= 0.6 is 0 Å². The van der Waals surface area contributed by atoms with E-state index in [2.05, 4.69) is 0 Å². The Morgan fingerprint density at radius 3 is 2.48 bits per heavy atom. The SMILES string of the molecule is C[C@@H](N)c1c(F)cccc1Oc1ccc2ccccc2c1. The Labute approximate surface area is 123 Å². The van der Waals surface area contributed by atoms with E-state index >= 15 is 0 Å². The van der Waals surface area contributed by atoms with E-state index in [0.717, 1.165) is 10.8 Å². The lowest BCUT2D eigenvalue weighted by atomic mass is 10.1. The normalized spacial score (nSPS) is 12.3. The van der Waals surface area contributed by atoms with Crippen LogP contribution in [0, 0.1) is 5.82 Å². The van der Waals surface area contributed by atoms with Gasteiger partial charge in [0.1, 0.15) is 17.3 Å². The summed E-state index contributed by atoms with van der Waals surface area (Å²) in [5, 5.41) is 2.21. The van der Waals surface area contributed by atoms with E-state index in [1.807, 2.05) is 42.5 Å². The Morgan fingerprint density at radius 1 is 0.952 bits per heavy atom. The summed E-state index contributed by atoms with van der Waals surface area (Å²) in [6, 6.07) is 18.1. The Morgan fingerprint density at radius 2 is 1.71 bits per heavy atom. The Kier molecular flexibility index (Phi) is 3.59. The number of halogens is 1. The second kappa shape index (κ2) is 5.54. The Bertz CT molecular complexity index is 783. The molecule has 0 aliphatic carbocycles. The zero-order valence-corrected chi connectivity index (χ0v) is 11.7. The fraction of sp³-hybridized carbons (Fsp3) is 0.111. The number of nitrogens with two attached hydrogens (primary N) is 1. The van der Waals surface area contributed by atoms with Crippen molar-refractivity contribution in [2.45, 2.75) is 13.0 Å². The molecule has 3 aromatic carbocycles. The molecule has 0 radical (unpaired) electrons. The van der Waals surface area contributed by atoms with Crippen LogP contribution in [-0.4, -0.2) is 0 Å². The van der Waals surface area contributed by atoms with Crippen LogP contribution in [0.3, 0.4) is 0 Å². The number of benzene rings is 3. The molecule has 0 fully saturated rings. The predicted molar refractivity (Wildman–Crippen MR) is 83.0 cm³/mol. The van der Waals surface area contributed by atoms with Gasteiger partial charge >= 0.3 is 0 Å². The van der Waals surface area contributed by atoms with Crippen LogP contribution in [0.2, 0.25) is 0 Å². The summed E-state index contributed by atoms with van der Waals surface area (Å²) in [5.74, 6) is 0.782. The first-order valence-electron chi connectivity index (χ1n) is 6.86. The van der Waals surface area contributed by atoms with Crippen molar-refractivity contribution in [2.75, 3.05) is 0 Å². The molecule has 0 aromatic heterocycles. The quantitative estimate of drug-likeness (QED) is 0.749. The van der Waals surface area contributed by atoms with Crippen molar-refractivity contribution >= 4 is 10.8 Å². The summed E-state index contributed by atoms with van der Waals surface area (Å²) < 4.78 is 19.7. The van der Waals surface area contributed by atoms with E-state index in [1.54, 1.807) is 19.1 Å². The van der Waals surface area contributed by atoms with Crippen LogP contribution in [0.15, 0.2) is 60.7 Å². The minimum absolute atomic E-state index is 0.344. The van der Waals surface area contributed by atoms with E-state index in [1.165, 1.54) is 6.07 Å². The van der Waals surface area contributed by atoms with Gasteiger partial charge in [0.2, 0.25) is 0 Å². The maximum absolute atomic E-state index is 13.9. The highest BCUT2D eigenvalue weighted by Gasteiger charge is 2.14. The molecule has 21 heavy (non-hydrogen) atoms. The number of fused-ring (bicyclic) bond motifs is 1. The van der Waals surface area contributed by atoms with Crippen LogP contribution in [0.5, 0.6) is 11.5 Å². The van der Waals surface area contributed by atoms with Crippen molar-refractivity contribution in [3.05, 3.63) is 72.0 Å². The summed E-state index contributed by atoms with van der Waals surface area (Å²) >= 11 is 0. The van der Waals surface area contributed by atoms with Crippen molar-refractivity contribution in [3.8, 4) is 11.5 Å². The average molecular weight is 281 g/mol. The van der Waals surface area contributed by atoms with Gasteiger partial charge in [-0.3, -0.25) is 0 Å². The highest BCUT2D eigenvalue weighted by molar-refractivity contribution is 5.83. The molecule has 3 aromatic rings. The molecule has 3 rings (SSSR count). The first-order chi connectivity index (χ1) is 10.1. The van der Waals surface area contributed by atoms with Gasteiger partial charge in [0.05, 0.1) is 0 Å². The molecular weight excluding hydrogens is 265 g/mol. The lowest BCUT2D eigenvalue weighted by Gasteiger charge is -2.14. The molecule has 0 aliphatic rings. The summed E-state index contributed by atoms with van der Waals surface area (Å²) in [6.45, 7) is 1.74. The number of hydrogen-bond donors (Lipinski definition) is 1. The van der Waals surface area contributed by atoms with Gasteiger partial charge in [-0.05, 0) is 42.0 Å². The lowest BCUT2D eigenvalue weighted by Crippen LogP contribution is -2.09. The predicted octanol–water partition coefficient (Wildman–Crippen LogP) is 4.79. The van der Waals surface area contributed by atoms with E-state index in [4.69, 9.17) is 10.5 Å². The second-order valence-electron chi connectivity index (χ2n) is 5.05. The van der Waals surface area contributed by atoms with Crippen LogP contribution in [0.4, 0.5) is 4.39 Å². The van der Waals surface area contributed by atoms with Crippen molar-refractivity contribution in [1.29, 1.82) is 0 Å². The standard InChI is InChI=1S/C18H16FNO/c1-12(20)18-16(19)7-4-8-17(18)21-15-10-9-13-5-2-3-6-14(13)11-15/h2-12H,20H2,1H3/t12-/m1/s1. The molecule has 0 bridgehead atoms. The number of hydrogen-bond acceptors (Lipinski definition) is 2. The van der Waals surface area contributed by atoms with E-state index in [9.17, 15) is 4.39 Å². The minimum atomic E-state index is -0.429. The van der Waals surface area contributed by atoms with Crippen molar-refractivity contribution in [2.24, 2.45) is 5.73 Å². The van der Waals surface area contributed by atoms with E-state index in [-0.39, 0.29) is 5.82 Å². The lowest BCUT2D eigenvalue weighted by molar-refractivity contribution is 0.461. The number of ether oxygens (including phenoxy) is 1. The van der Waals surface area contributed by atoms with Crippen molar-refractivity contribution in [3.63, 3.8) is 0 Å². The summed E-state index contributed by atoms with van der Waals surface area (Å²) in [7, 11) is 0. The third-order valence-corrected chi connectivity index (χ3v) is 3.42. The third-order valence-electron chi connectivity index (χ3n) is 3.42. The summed E-state index contributed by atoms with van der Waals surface area (Å²) in [6.07, 6.45) is 0. The molecular formula is C18H16FNO. The van der Waals surface area contributed by atoms with Gasteiger partial charge < -0.3 is 10.5 Å². The average Bonchev–Trinajstić information content (AvgIpc) is 2.47. The monoisotopic (exact) mass is 281 g/mol. The molecule has 0 amide bonds. The highest BCUT2D eigenvalue weighted by Crippen LogP contribution is 2.32. The Balaban J connectivity index is 2.00. The van der Waals surface area contributed by atoms with Crippen LogP contribution in [0.25, 0.3) is 10.8 Å². The molecule has 0 aliphatic heterocycles. The smallest absolute Gasteiger partial charge is 0.135 e. The highest BCUT2D eigenvalue weighted by atomic mass is 19.1. The maximum Gasteiger partial charge on any atom is 0.135 e. The Hall–Kier alpha value is -2.39. The van der Waals surface area contributed by atoms with Gasteiger partial charge in [0, 0.05) is 11.6 Å². The maximum atomic E-state index is 13.9. The zero-order chi connectivity index (χ0) is 14.8. The first kappa shape index (κ1) is 13.6. The van der Waals surface area contributed by atoms with Gasteiger partial charge in [-0.1, -0.05) is 36.4 Å². The molecule has 0 saturated carbocycles. The molecule has 0 spiro atoms. The fourth-order valence-electron chi connectivity index (χ4n) is 2.41. The van der Waals surface area contributed by atoms with Gasteiger partial charge in [0.25, 0.3) is 0 Å². The molecule has 2 N–H and O–H groups in total.